The van der Waals surface area contributed by atoms with Crippen LogP contribution in [-0.4, -0.2) is 56.2 Å². The Labute approximate surface area is 172 Å². The highest BCUT2D eigenvalue weighted by Gasteiger charge is 2.34. The van der Waals surface area contributed by atoms with E-state index in [1.165, 1.54) is 0 Å². The number of aliphatic hydroxyl groups excluding tert-OH is 1. The Balaban J connectivity index is 0.00000338. The number of hydrogen-bond acceptors (Lipinski definition) is 5. The second-order valence-corrected chi connectivity index (χ2v) is 6.32. The number of aliphatic imine (C=N–C) groups is 1. The molecule has 1 saturated heterocycles. The monoisotopic (exact) mass is 479 g/mol. The smallest absolute Gasteiger partial charge is 0.191 e. The molecule has 1 aromatic carbocycles. The molecule has 7 nitrogen and oxygen atoms in total. The molecule has 0 bridgehead atoms. The molecule has 0 spiro atoms. The van der Waals surface area contributed by atoms with Crippen molar-refractivity contribution in [3.8, 4) is 11.5 Å². The average molecular weight is 479 g/mol. The van der Waals surface area contributed by atoms with Gasteiger partial charge in [-0.15, -0.1) is 24.0 Å². The minimum absolute atomic E-state index is 0. The molecule has 1 fully saturated rings. The minimum Gasteiger partial charge on any atom is -0.508 e. The maximum Gasteiger partial charge on any atom is 0.191 e. The number of phenolic OH excluding ortho intramolecular Hbond substituents is 1. The lowest BCUT2D eigenvalue weighted by atomic mass is 9.84. The summed E-state index contributed by atoms with van der Waals surface area (Å²) in [6.07, 6.45) is 1.63. The molecule has 148 valence electrons. The summed E-state index contributed by atoms with van der Waals surface area (Å²) in [4.78, 5) is 4.55. The number of nitrogens with one attached hydrogen (secondary N) is 2. The van der Waals surface area contributed by atoms with Crippen LogP contribution in [-0.2, 0) is 11.3 Å². The van der Waals surface area contributed by atoms with Crippen LogP contribution >= 0.6 is 24.0 Å². The lowest BCUT2D eigenvalue weighted by molar-refractivity contribution is 0.127. The lowest BCUT2D eigenvalue weighted by Gasteiger charge is -2.27. The molecule has 0 saturated carbocycles. The van der Waals surface area contributed by atoms with Gasteiger partial charge in [-0.05, 0) is 38.0 Å². The number of nitrogens with zero attached hydrogens (tertiary/aromatic N) is 1. The van der Waals surface area contributed by atoms with E-state index in [0.717, 1.165) is 19.6 Å². The predicted octanol–water partition coefficient (Wildman–Crippen LogP) is 1.86. The number of aromatic hydroxyl groups is 1. The molecule has 1 atom stereocenters. The molecular weight excluding hydrogens is 449 g/mol. The first-order valence-electron chi connectivity index (χ1n) is 8.69. The second kappa shape index (κ2) is 11.5. The van der Waals surface area contributed by atoms with E-state index < -0.39 is 0 Å². The molecule has 0 aromatic heterocycles. The maximum atomic E-state index is 9.98. The van der Waals surface area contributed by atoms with Gasteiger partial charge in [0.25, 0.3) is 0 Å². The van der Waals surface area contributed by atoms with Gasteiger partial charge in [-0.25, -0.2) is 4.99 Å². The van der Waals surface area contributed by atoms with E-state index in [1.54, 1.807) is 25.3 Å². The Kier molecular flexibility index (Phi) is 10.0. The lowest BCUT2D eigenvalue weighted by Crippen LogP contribution is -2.44. The van der Waals surface area contributed by atoms with Gasteiger partial charge in [0.15, 0.2) is 5.96 Å². The number of ether oxygens (including phenoxy) is 2. The molecule has 1 aromatic rings. The Morgan fingerprint density at radius 1 is 1.38 bits per heavy atom. The van der Waals surface area contributed by atoms with Crippen LogP contribution in [0.3, 0.4) is 0 Å². The summed E-state index contributed by atoms with van der Waals surface area (Å²) in [5.41, 5.74) is 0.647. The van der Waals surface area contributed by atoms with Crippen molar-refractivity contribution >= 4 is 29.9 Å². The number of phenols is 1. The Morgan fingerprint density at radius 2 is 2.19 bits per heavy atom. The van der Waals surface area contributed by atoms with Crippen molar-refractivity contribution < 1.29 is 19.7 Å². The van der Waals surface area contributed by atoms with Crippen molar-refractivity contribution in [1.82, 2.24) is 10.6 Å². The summed E-state index contributed by atoms with van der Waals surface area (Å²) in [5.74, 6) is 1.56. The molecule has 8 heteroatoms. The zero-order valence-corrected chi connectivity index (χ0v) is 17.8. The highest BCUT2D eigenvalue weighted by Crippen LogP contribution is 2.31. The van der Waals surface area contributed by atoms with E-state index in [4.69, 9.17) is 9.47 Å². The SMILES string of the molecule is CCNC(=NCc1cc(OC)ccc1O)NCC1(CCO)CCOC1.I. The van der Waals surface area contributed by atoms with Crippen LogP contribution in [0.2, 0.25) is 0 Å². The first-order chi connectivity index (χ1) is 12.1. The van der Waals surface area contributed by atoms with Gasteiger partial charge < -0.3 is 30.3 Å². The van der Waals surface area contributed by atoms with E-state index in [1.807, 2.05) is 6.92 Å². The molecule has 0 amide bonds. The van der Waals surface area contributed by atoms with Crippen LogP contribution < -0.4 is 15.4 Å². The minimum atomic E-state index is -0.0525. The molecular formula is C18H30IN3O4. The molecule has 2 rings (SSSR count). The zero-order chi connectivity index (χ0) is 18.1. The summed E-state index contributed by atoms with van der Waals surface area (Å²) < 4.78 is 10.7. The van der Waals surface area contributed by atoms with Crippen molar-refractivity contribution in [2.45, 2.75) is 26.3 Å². The highest BCUT2D eigenvalue weighted by molar-refractivity contribution is 14.0. The fourth-order valence-electron chi connectivity index (χ4n) is 2.90. The summed E-state index contributed by atoms with van der Waals surface area (Å²) >= 11 is 0. The van der Waals surface area contributed by atoms with Crippen molar-refractivity contribution in [2.75, 3.05) is 40.0 Å². The summed E-state index contributed by atoms with van der Waals surface area (Å²) in [6, 6.07) is 5.10. The van der Waals surface area contributed by atoms with Crippen molar-refractivity contribution in [3.63, 3.8) is 0 Å². The molecule has 0 aliphatic carbocycles. The number of hydrogen-bond donors (Lipinski definition) is 4. The molecule has 1 aliphatic rings. The molecule has 1 unspecified atom stereocenters. The van der Waals surface area contributed by atoms with Gasteiger partial charge in [0.1, 0.15) is 11.5 Å². The van der Waals surface area contributed by atoms with Gasteiger partial charge in [0, 0.05) is 37.3 Å². The quantitative estimate of drug-likeness (QED) is 0.259. The standard InChI is InChI=1S/C18H29N3O4.HI/c1-3-19-17(21-12-18(6-8-22)7-9-25-13-18)20-11-14-10-15(24-2)4-5-16(14)23;/h4-5,10,22-23H,3,6-9,11-13H2,1-2H3,(H2,19,20,21);1H. The van der Waals surface area contributed by atoms with Gasteiger partial charge in [-0.1, -0.05) is 0 Å². The van der Waals surface area contributed by atoms with Crippen LogP contribution in [0.1, 0.15) is 25.3 Å². The molecule has 26 heavy (non-hydrogen) atoms. The third-order valence-corrected chi connectivity index (χ3v) is 4.50. The fourth-order valence-corrected chi connectivity index (χ4v) is 2.90. The van der Waals surface area contributed by atoms with Crippen LogP contribution in [0.5, 0.6) is 11.5 Å². The summed E-state index contributed by atoms with van der Waals surface area (Å²) in [5, 5.41) is 25.8. The van der Waals surface area contributed by atoms with Crippen molar-refractivity contribution in [3.05, 3.63) is 23.8 Å². The van der Waals surface area contributed by atoms with Gasteiger partial charge in [-0.2, -0.15) is 0 Å². The maximum absolute atomic E-state index is 9.98. The third kappa shape index (κ3) is 6.48. The van der Waals surface area contributed by atoms with Crippen molar-refractivity contribution in [2.24, 2.45) is 10.4 Å². The fraction of sp³-hybridized carbons (Fsp3) is 0.611. The highest BCUT2D eigenvalue weighted by atomic mass is 127. The average Bonchev–Trinajstić information content (AvgIpc) is 3.08. The summed E-state index contributed by atoms with van der Waals surface area (Å²) in [6.45, 7) is 5.28. The van der Waals surface area contributed by atoms with Gasteiger partial charge >= 0.3 is 0 Å². The van der Waals surface area contributed by atoms with Crippen LogP contribution in [0.4, 0.5) is 0 Å². The van der Waals surface area contributed by atoms with E-state index in [0.29, 0.717) is 43.4 Å². The van der Waals surface area contributed by atoms with E-state index in [-0.39, 0.29) is 41.7 Å². The number of methoxy groups -OCH3 is 1. The third-order valence-electron chi connectivity index (χ3n) is 4.50. The number of aliphatic hydroxyl groups is 1. The number of benzene rings is 1. The van der Waals surface area contributed by atoms with E-state index in [9.17, 15) is 10.2 Å². The van der Waals surface area contributed by atoms with E-state index in [2.05, 4.69) is 15.6 Å². The number of halogens is 1. The topological polar surface area (TPSA) is 95.3 Å². The van der Waals surface area contributed by atoms with E-state index >= 15 is 0 Å². The molecule has 4 N–H and O–H groups in total. The molecule has 1 aliphatic heterocycles. The molecule has 0 radical (unpaired) electrons. The van der Waals surface area contributed by atoms with Gasteiger partial charge in [0.2, 0.25) is 0 Å². The Bertz CT molecular complexity index is 578. The van der Waals surface area contributed by atoms with Crippen LogP contribution in [0, 0.1) is 5.41 Å². The van der Waals surface area contributed by atoms with Crippen LogP contribution in [0.15, 0.2) is 23.2 Å². The zero-order valence-electron chi connectivity index (χ0n) is 15.5. The Morgan fingerprint density at radius 3 is 2.81 bits per heavy atom. The first-order valence-corrected chi connectivity index (χ1v) is 8.69. The predicted molar refractivity (Wildman–Crippen MR) is 112 cm³/mol. The first kappa shape index (κ1) is 22.8. The van der Waals surface area contributed by atoms with Gasteiger partial charge in [0.05, 0.1) is 20.3 Å². The largest absolute Gasteiger partial charge is 0.508 e. The normalized spacial score (nSPS) is 19.7. The van der Waals surface area contributed by atoms with Crippen molar-refractivity contribution in [1.29, 1.82) is 0 Å². The summed E-state index contributed by atoms with van der Waals surface area (Å²) in [7, 11) is 1.59. The number of guanidine groups is 1. The number of rotatable bonds is 8. The second-order valence-electron chi connectivity index (χ2n) is 6.32. The Hall–Kier alpha value is -1.26. The van der Waals surface area contributed by atoms with Gasteiger partial charge in [-0.3, -0.25) is 0 Å². The molecule has 1 heterocycles. The van der Waals surface area contributed by atoms with Crippen LogP contribution in [0.25, 0.3) is 0 Å².